The number of hydrogen-bond acceptors (Lipinski definition) is 4. The maximum atomic E-state index is 12.0. The Morgan fingerprint density at radius 1 is 1.38 bits per heavy atom. The van der Waals surface area contributed by atoms with Crippen LogP contribution in [0.4, 0.5) is 0 Å². The minimum atomic E-state index is -0.0914. The lowest BCUT2D eigenvalue weighted by molar-refractivity contribution is 0.0950. The fourth-order valence-electron chi connectivity index (χ4n) is 2.11. The lowest BCUT2D eigenvalue weighted by Gasteiger charge is -2.11. The van der Waals surface area contributed by atoms with Gasteiger partial charge >= 0.3 is 0 Å². The highest BCUT2D eigenvalue weighted by atomic mass is 35.5. The van der Waals surface area contributed by atoms with Crippen molar-refractivity contribution in [1.29, 1.82) is 0 Å². The highest BCUT2D eigenvalue weighted by Gasteiger charge is 2.28. The third-order valence-electron chi connectivity index (χ3n) is 3.54. The lowest BCUT2D eigenvalue weighted by Crippen LogP contribution is -2.38. The van der Waals surface area contributed by atoms with Crippen molar-refractivity contribution in [3.8, 4) is 5.69 Å². The monoisotopic (exact) mass is 307 g/mol. The average Bonchev–Trinajstić information content (AvgIpc) is 3.19. The number of rotatable bonds is 5. The molecule has 3 N–H and O–H groups in total. The summed E-state index contributed by atoms with van der Waals surface area (Å²) in [5.74, 6) is 0.497. The normalized spacial score (nSPS) is 15.1. The lowest BCUT2D eigenvalue weighted by atomic mass is 10.1. The van der Waals surface area contributed by atoms with E-state index in [0.29, 0.717) is 18.0 Å². The third kappa shape index (κ3) is 3.80. The molecule has 1 aromatic heterocycles. The summed E-state index contributed by atoms with van der Waals surface area (Å²) in [6.45, 7) is 0.536. The van der Waals surface area contributed by atoms with Crippen LogP contribution in [0.2, 0.25) is 0 Å². The first-order chi connectivity index (χ1) is 9.74. The zero-order chi connectivity index (χ0) is 13.9. The molecule has 1 fully saturated rings. The largest absolute Gasteiger partial charge is 0.350 e. The SMILES string of the molecule is Cl.NC(CNC(=O)c1ccc(-n2cncn2)cc1)C1CC1. The molecule has 0 aliphatic heterocycles. The van der Waals surface area contributed by atoms with E-state index in [1.54, 1.807) is 23.1 Å². The van der Waals surface area contributed by atoms with E-state index in [0.717, 1.165) is 5.69 Å². The zero-order valence-electron chi connectivity index (χ0n) is 11.5. The van der Waals surface area contributed by atoms with Gasteiger partial charge in [0.05, 0.1) is 5.69 Å². The van der Waals surface area contributed by atoms with Crippen LogP contribution in [0, 0.1) is 5.92 Å². The Morgan fingerprint density at radius 3 is 2.67 bits per heavy atom. The molecule has 2 aromatic rings. The highest BCUT2D eigenvalue weighted by molar-refractivity contribution is 5.94. The molecule has 3 rings (SSSR count). The fourth-order valence-corrected chi connectivity index (χ4v) is 2.11. The van der Waals surface area contributed by atoms with Crippen molar-refractivity contribution >= 4 is 18.3 Å². The van der Waals surface area contributed by atoms with Crippen LogP contribution in [0.3, 0.4) is 0 Å². The van der Waals surface area contributed by atoms with E-state index in [4.69, 9.17) is 5.73 Å². The molecule has 1 amide bonds. The standard InChI is InChI=1S/C14H17N5O.ClH/c15-13(10-1-2-10)7-17-14(20)11-3-5-12(6-4-11)19-9-16-8-18-19;/h3-6,8-10,13H,1-2,7,15H2,(H,17,20);1H. The van der Waals surface area contributed by atoms with Gasteiger partial charge in [-0.1, -0.05) is 0 Å². The second-order valence-electron chi connectivity index (χ2n) is 5.10. The van der Waals surface area contributed by atoms with Gasteiger partial charge in [-0.3, -0.25) is 4.79 Å². The molecular weight excluding hydrogens is 290 g/mol. The number of aromatic nitrogens is 3. The van der Waals surface area contributed by atoms with Gasteiger partial charge in [0.1, 0.15) is 12.7 Å². The third-order valence-corrected chi connectivity index (χ3v) is 3.54. The second kappa shape index (κ2) is 6.69. The van der Waals surface area contributed by atoms with Gasteiger partial charge in [0.25, 0.3) is 5.91 Å². The molecule has 1 heterocycles. The molecule has 0 spiro atoms. The molecule has 112 valence electrons. The number of carbonyl (C=O) groups excluding carboxylic acids is 1. The quantitative estimate of drug-likeness (QED) is 0.868. The molecule has 1 unspecified atom stereocenters. The number of nitrogens with zero attached hydrogens (tertiary/aromatic N) is 3. The maximum absolute atomic E-state index is 12.0. The molecule has 6 nitrogen and oxygen atoms in total. The van der Waals surface area contributed by atoms with Crippen LogP contribution in [-0.4, -0.2) is 33.3 Å². The number of amides is 1. The van der Waals surface area contributed by atoms with Crippen LogP contribution in [0.25, 0.3) is 5.69 Å². The summed E-state index contributed by atoms with van der Waals surface area (Å²) in [5.41, 5.74) is 7.45. The predicted molar refractivity (Wildman–Crippen MR) is 81.6 cm³/mol. The minimum absolute atomic E-state index is 0. The van der Waals surface area contributed by atoms with E-state index in [9.17, 15) is 4.79 Å². The first-order valence-corrected chi connectivity index (χ1v) is 6.73. The van der Waals surface area contributed by atoms with E-state index in [1.165, 1.54) is 19.2 Å². The zero-order valence-corrected chi connectivity index (χ0v) is 12.3. The summed E-state index contributed by atoms with van der Waals surface area (Å²) >= 11 is 0. The number of hydrogen-bond donors (Lipinski definition) is 2. The van der Waals surface area contributed by atoms with Crippen LogP contribution in [0.1, 0.15) is 23.2 Å². The minimum Gasteiger partial charge on any atom is -0.350 e. The van der Waals surface area contributed by atoms with Crippen molar-refractivity contribution in [2.75, 3.05) is 6.54 Å². The van der Waals surface area contributed by atoms with Crippen molar-refractivity contribution < 1.29 is 4.79 Å². The molecule has 1 aliphatic carbocycles. The number of nitrogens with one attached hydrogen (secondary N) is 1. The number of halogens is 1. The molecule has 1 atom stereocenters. The van der Waals surface area contributed by atoms with E-state index < -0.39 is 0 Å². The van der Waals surface area contributed by atoms with Gasteiger partial charge in [0, 0.05) is 18.2 Å². The molecular formula is C14H18ClN5O. The Hall–Kier alpha value is -1.92. The Bertz CT molecular complexity index is 580. The Balaban J connectivity index is 0.00000161. The van der Waals surface area contributed by atoms with Crippen LogP contribution < -0.4 is 11.1 Å². The van der Waals surface area contributed by atoms with Crippen molar-refractivity contribution in [2.45, 2.75) is 18.9 Å². The van der Waals surface area contributed by atoms with E-state index in [1.807, 2.05) is 12.1 Å². The number of benzene rings is 1. The van der Waals surface area contributed by atoms with Crippen LogP contribution in [-0.2, 0) is 0 Å². The van der Waals surface area contributed by atoms with Crippen molar-refractivity contribution in [1.82, 2.24) is 20.1 Å². The molecule has 0 saturated heterocycles. The van der Waals surface area contributed by atoms with Crippen LogP contribution in [0.5, 0.6) is 0 Å². The maximum Gasteiger partial charge on any atom is 0.251 e. The molecule has 1 saturated carbocycles. The summed E-state index contributed by atoms with van der Waals surface area (Å²) in [7, 11) is 0. The first-order valence-electron chi connectivity index (χ1n) is 6.73. The van der Waals surface area contributed by atoms with Gasteiger partial charge in [-0.15, -0.1) is 12.4 Å². The van der Waals surface area contributed by atoms with Gasteiger partial charge in [0.15, 0.2) is 0 Å². The summed E-state index contributed by atoms with van der Waals surface area (Å²) in [6, 6.07) is 7.30. The summed E-state index contributed by atoms with van der Waals surface area (Å²) in [6.07, 6.45) is 5.46. The Labute approximate surface area is 129 Å². The fraction of sp³-hybridized carbons (Fsp3) is 0.357. The molecule has 1 aliphatic rings. The van der Waals surface area contributed by atoms with Crippen molar-refractivity contribution in [2.24, 2.45) is 11.7 Å². The average molecular weight is 308 g/mol. The number of carbonyl (C=O) groups is 1. The van der Waals surface area contributed by atoms with E-state index >= 15 is 0 Å². The van der Waals surface area contributed by atoms with Gasteiger partial charge in [-0.25, -0.2) is 9.67 Å². The van der Waals surface area contributed by atoms with E-state index in [-0.39, 0.29) is 24.4 Å². The molecule has 0 radical (unpaired) electrons. The Morgan fingerprint density at radius 2 is 2.10 bits per heavy atom. The van der Waals surface area contributed by atoms with Crippen LogP contribution >= 0.6 is 12.4 Å². The smallest absolute Gasteiger partial charge is 0.251 e. The second-order valence-corrected chi connectivity index (χ2v) is 5.10. The molecule has 21 heavy (non-hydrogen) atoms. The highest BCUT2D eigenvalue weighted by Crippen LogP contribution is 2.31. The van der Waals surface area contributed by atoms with Gasteiger partial charge in [-0.2, -0.15) is 5.10 Å². The predicted octanol–water partition coefficient (Wildman–Crippen LogP) is 1.16. The van der Waals surface area contributed by atoms with Crippen LogP contribution in [0.15, 0.2) is 36.9 Å². The van der Waals surface area contributed by atoms with Gasteiger partial charge in [-0.05, 0) is 43.0 Å². The van der Waals surface area contributed by atoms with Gasteiger partial charge < -0.3 is 11.1 Å². The van der Waals surface area contributed by atoms with Crippen molar-refractivity contribution in [3.63, 3.8) is 0 Å². The Kier molecular flexibility index (Phi) is 4.93. The van der Waals surface area contributed by atoms with Gasteiger partial charge in [0.2, 0.25) is 0 Å². The first kappa shape index (κ1) is 15.5. The van der Waals surface area contributed by atoms with Crippen molar-refractivity contribution in [3.05, 3.63) is 42.5 Å². The molecule has 0 bridgehead atoms. The molecule has 7 heteroatoms. The summed E-state index contributed by atoms with van der Waals surface area (Å²) in [5, 5.41) is 6.91. The summed E-state index contributed by atoms with van der Waals surface area (Å²) in [4.78, 5) is 15.9. The number of nitrogens with two attached hydrogens (primary N) is 1. The summed E-state index contributed by atoms with van der Waals surface area (Å²) < 4.78 is 1.64. The van der Waals surface area contributed by atoms with E-state index in [2.05, 4.69) is 15.4 Å². The topological polar surface area (TPSA) is 85.8 Å². The molecule has 1 aromatic carbocycles.